The molecule has 0 aromatic carbocycles. The molecule has 0 aliphatic carbocycles. The second-order valence-corrected chi connectivity index (χ2v) is 5.32. The molecule has 2 aromatic rings. The van der Waals surface area contributed by atoms with E-state index in [0.717, 1.165) is 24.5 Å². The van der Waals surface area contributed by atoms with Crippen LogP contribution >= 0.6 is 0 Å². The van der Waals surface area contributed by atoms with Crippen molar-refractivity contribution in [2.24, 2.45) is 5.92 Å². The molecule has 2 heterocycles. The predicted octanol–water partition coefficient (Wildman–Crippen LogP) is 3.29. The van der Waals surface area contributed by atoms with Gasteiger partial charge in [0, 0.05) is 18.3 Å². The lowest BCUT2D eigenvalue weighted by atomic mass is 10.2. The van der Waals surface area contributed by atoms with Gasteiger partial charge in [-0.05, 0) is 18.5 Å². The zero-order chi connectivity index (χ0) is 15.5. The second-order valence-electron chi connectivity index (χ2n) is 5.32. The van der Waals surface area contributed by atoms with Gasteiger partial charge in [0.2, 0.25) is 0 Å². The monoisotopic (exact) mass is 301 g/mol. The van der Waals surface area contributed by atoms with Crippen LogP contribution < -0.4 is 5.32 Å². The molecule has 0 amide bonds. The molecule has 0 fully saturated rings. The summed E-state index contributed by atoms with van der Waals surface area (Å²) >= 11 is 0. The highest BCUT2D eigenvalue weighted by Crippen LogP contribution is 2.28. The summed E-state index contributed by atoms with van der Waals surface area (Å²) in [6, 6.07) is 1.82. The van der Waals surface area contributed by atoms with Crippen molar-refractivity contribution in [3.63, 3.8) is 0 Å². The standard InChI is InChI=1S/C14H18F3N3O/c1-10(2)5-18-6-11-3-4-21-13(11)9-20-8-12(7-19-20)14(15,16)17/h3-4,7-8,10,18H,5-6,9H2,1-2H3. The highest BCUT2D eigenvalue weighted by Gasteiger charge is 2.32. The van der Waals surface area contributed by atoms with E-state index in [1.54, 1.807) is 0 Å². The number of hydrogen-bond acceptors (Lipinski definition) is 3. The summed E-state index contributed by atoms with van der Waals surface area (Å²) in [7, 11) is 0. The maximum absolute atomic E-state index is 12.5. The molecule has 21 heavy (non-hydrogen) atoms. The molecule has 0 aliphatic rings. The highest BCUT2D eigenvalue weighted by molar-refractivity contribution is 5.18. The van der Waals surface area contributed by atoms with Crippen LogP contribution in [0.2, 0.25) is 0 Å². The average Bonchev–Trinajstić information content (AvgIpc) is 2.99. The summed E-state index contributed by atoms with van der Waals surface area (Å²) in [5, 5.41) is 7.00. The zero-order valence-corrected chi connectivity index (χ0v) is 11.9. The number of nitrogens with zero attached hydrogens (tertiary/aromatic N) is 2. The lowest BCUT2D eigenvalue weighted by Gasteiger charge is -2.07. The summed E-state index contributed by atoms with van der Waals surface area (Å²) in [5.74, 6) is 1.14. The third-order valence-corrected chi connectivity index (χ3v) is 2.97. The van der Waals surface area contributed by atoms with Crippen LogP contribution in [0.15, 0.2) is 29.1 Å². The first-order chi connectivity index (χ1) is 9.86. The molecule has 0 unspecified atom stereocenters. The molecule has 7 heteroatoms. The number of halogens is 3. The Kier molecular flexibility index (Phi) is 4.72. The van der Waals surface area contributed by atoms with Gasteiger partial charge in [-0.2, -0.15) is 18.3 Å². The Morgan fingerprint density at radius 2 is 2.14 bits per heavy atom. The van der Waals surface area contributed by atoms with Crippen molar-refractivity contribution in [1.82, 2.24) is 15.1 Å². The first-order valence-corrected chi connectivity index (χ1v) is 6.72. The van der Waals surface area contributed by atoms with Crippen LogP contribution in [0.4, 0.5) is 13.2 Å². The predicted molar refractivity (Wildman–Crippen MR) is 71.6 cm³/mol. The third-order valence-electron chi connectivity index (χ3n) is 2.97. The van der Waals surface area contributed by atoms with Crippen LogP contribution in [-0.2, 0) is 19.3 Å². The molecule has 0 saturated heterocycles. The average molecular weight is 301 g/mol. The number of hydrogen-bond donors (Lipinski definition) is 1. The number of nitrogens with one attached hydrogen (secondary N) is 1. The third kappa shape index (κ3) is 4.35. The van der Waals surface area contributed by atoms with Gasteiger partial charge in [-0.1, -0.05) is 13.8 Å². The molecule has 0 saturated carbocycles. The summed E-state index contributed by atoms with van der Waals surface area (Å²) in [4.78, 5) is 0. The fourth-order valence-electron chi connectivity index (χ4n) is 1.90. The van der Waals surface area contributed by atoms with E-state index in [4.69, 9.17) is 4.42 Å². The van der Waals surface area contributed by atoms with Gasteiger partial charge in [0.15, 0.2) is 0 Å². The molecule has 116 valence electrons. The van der Waals surface area contributed by atoms with E-state index in [-0.39, 0.29) is 6.54 Å². The lowest BCUT2D eigenvalue weighted by molar-refractivity contribution is -0.137. The van der Waals surface area contributed by atoms with Crippen molar-refractivity contribution < 1.29 is 17.6 Å². The van der Waals surface area contributed by atoms with Crippen LogP contribution in [-0.4, -0.2) is 16.3 Å². The Bertz CT molecular complexity index is 572. The first kappa shape index (κ1) is 15.6. The summed E-state index contributed by atoms with van der Waals surface area (Å²) in [5.41, 5.74) is 0.174. The molecule has 0 atom stereocenters. The van der Waals surface area contributed by atoms with Gasteiger partial charge >= 0.3 is 6.18 Å². The van der Waals surface area contributed by atoms with Gasteiger partial charge in [-0.15, -0.1) is 0 Å². The van der Waals surface area contributed by atoms with E-state index in [2.05, 4.69) is 24.3 Å². The van der Waals surface area contributed by atoms with Crippen LogP contribution in [0.5, 0.6) is 0 Å². The van der Waals surface area contributed by atoms with Crippen molar-refractivity contribution in [2.45, 2.75) is 33.1 Å². The largest absolute Gasteiger partial charge is 0.467 e. The Morgan fingerprint density at radius 1 is 1.38 bits per heavy atom. The molecular weight excluding hydrogens is 283 g/mol. The van der Waals surface area contributed by atoms with Gasteiger partial charge in [0.05, 0.1) is 24.6 Å². The maximum atomic E-state index is 12.5. The molecule has 2 rings (SSSR count). The normalized spacial score (nSPS) is 12.3. The Balaban J connectivity index is 2.00. The van der Waals surface area contributed by atoms with E-state index in [1.807, 2.05) is 6.07 Å². The minimum atomic E-state index is -4.37. The molecule has 0 radical (unpaired) electrons. The first-order valence-electron chi connectivity index (χ1n) is 6.72. The fourth-order valence-corrected chi connectivity index (χ4v) is 1.90. The quantitative estimate of drug-likeness (QED) is 0.890. The number of furan rings is 1. The lowest BCUT2D eigenvalue weighted by Crippen LogP contribution is -2.19. The second kappa shape index (κ2) is 6.34. The fraction of sp³-hybridized carbons (Fsp3) is 0.500. The highest BCUT2D eigenvalue weighted by atomic mass is 19.4. The van der Waals surface area contributed by atoms with Crippen molar-refractivity contribution in [2.75, 3.05) is 6.54 Å². The Labute approximate surface area is 120 Å². The zero-order valence-electron chi connectivity index (χ0n) is 11.9. The van der Waals surface area contributed by atoms with E-state index in [1.165, 1.54) is 10.9 Å². The minimum absolute atomic E-state index is 0.182. The molecular formula is C14H18F3N3O. The Morgan fingerprint density at radius 3 is 2.76 bits per heavy atom. The van der Waals surface area contributed by atoms with Gasteiger partial charge in [0.1, 0.15) is 5.76 Å². The summed E-state index contributed by atoms with van der Waals surface area (Å²) in [6.45, 7) is 5.88. The summed E-state index contributed by atoms with van der Waals surface area (Å²) in [6.07, 6.45) is -1.04. The number of alkyl halides is 3. The SMILES string of the molecule is CC(C)CNCc1ccoc1Cn1cc(C(F)(F)F)cn1. The van der Waals surface area contributed by atoms with Gasteiger partial charge in [0.25, 0.3) is 0 Å². The van der Waals surface area contributed by atoms with Crippen molar-refractivity contribution in [3.8, 4) is 0 Å². The van der Waals surface area contributed by atoms with Gasteiger partial charge in [-0.3, -0.25) is 4.68 Å². The molecule has 2 aromatic heterocycles. The van der Waals surface area contributed by atoms with Gasteiger partial charge in [-0.25, -0.2) is 0 Å². The topological polar surface area (TPSA) is 43.0 Å². The number of aromatic nitrogens is 2. The van der Waals surface area contributed by atoms with Gasteiger partial charge < -0.3 is 9.73 Å². The van der Waals surface area contributed by atoms with Crippen LogP contribution in [0.3, 0.4) is 0 Å². The molecule has 1 N–H and O–H groups in total. The smallest absolute Gasteiger partial charge is 0.419 e. The van der Waals surface area contributed by atoms with Crippen LogP contribution in [0.25, 0.3) is 0 Å². The van der Waals surface area contributed by atoms with E-state index < -0.39 is 11.7 Å². The molecule has 4 nitrogen and oxygen atoms in total. The number of rotatable bonds is 6. The Hall–Kier alpha value is -1.76. The molecule has 0 aliphatic heterocycles. The maximum Gasteiger partial charge on any atom is 0.419 e. The van der Waals surface area contributed by atoms with E-state index >= 15 is 0 Å². The summed E-state index contributed by atoms with van der Waals surface area (Å²) < 4.78 is 44.1. The van der Waals surface area contributed by atoms with E-state index in [9.17, 15) is 13.2 Å². The minimum Gasteiger partial charge on any atom is -0.467 e. The van der Waals surface area contributed by atoms with Crippen LogP contribution in [0, 0.1) is 5.92 Å². The van der Waals surface area contributed by atoms with E-state index in [0.29, 0.717) is 18.2 Å². The molecule has 0 spiro atoms. The van der Waals surface area contributed by atoms with Crippen molar-refractivity contribution in [3.05, 3.63) is 41.6 Å². The van der Waals surface area contributed by atoms with Crippen molar-refractivity contribution in [1.29, 1.82) is 0 Å². The van der Waals surface area contributed by atoms with Crippen LogP contribution in [0.1, 0.15) is 30.7 Å². The molecule has 0 bridgehead atoms. The van der Waals surface area contributed by atoms with Crippen molar-refractivity contribution >= 4 is 0 Å².